The second-order valence-corrected chi connectivity index (χ2v) is 4.33. The van der Waals surface area contributed by atoms with Gasteiger partial charge in [-0.2, -0.15) is 0 Å². The third kappa shape index (κ3) is 2.28. The molecule has 0 radical (unpaired) electrons. The maximum absolute atomic E-state index is 11.5. The quantitative estimate of drug-likeness (QED) is 0.757. The second-order valence-electron chi connectivity index (χ2n) is 4.33. The maximum atomic E-state index is 11.5. The van der Waals surface area contributed by atoms with Crippen molar-refractivity contribution in [3.8, 4) is 0 Å². The van der Waals surface area contributed by atoms with Crippen LogP contribution in [-0.4, -0.2) is 15.3 Å². The van der Waals surface area contributed by atoms with E-state index in [4.69, 9.17) is 0 Å². The van der Waals surface area contributed by atoms with Gasteiger partial charge in [0.15, 0.2) is 5.78 Å². The van der Waals surface area contributed by atoms with Gasteiger partial charge in [0, 0.05) is 6.92 Å². The van der Waals surface area contributed by atoms with E-state index in [-0.39, 0.29) is 11.8 Å². The fraction of sp³-hybridized carbons (Fsp3) is 0.286. The topological polar surface area (TPSA) is 34.9 Å². The van der Waals surface area contributed by atoms with E-state index in [9.17, 15) is 4.79 Å². The van der Waals surface area contributed by atoms with E-state index in [0.29, 0.717) is 5.69 Å². The normalized spacial score (nSPS) is 12.4. The number of rotatable bonds is 3. The van der Waals surface area contributed by atoms with Gasteiger partial charge in [0.25, 0.3) is 0 Å². The third-order valence-corrected chi connectivity index (χ3v) is 3.00. The molecule has 3 heteroatoms. The van der Waals surface area contributed by atoms with Gasteiger partial charge in [-0.25, -0.2) is 4.98 Å². The van der Waals surface area contributed by atoms with Gasteiger partial charge in [0.1, 0.15) is 5.69 Å². The van der Waals surface area contributed by atoms with E-state index in [2.05, 4.69) is 43.1 Å². The molecule has 0 fully saturated rings. The van der Waals surface area contributed by atoms with Crippen LogP contribution in [0.1, 0.15) is 41.5 Å². The Hall–Kier alpha value is -1.90. The summed E-state index contributed by atoms with van der Waals surface area (Å²) < 4.78 is 1.91. The van der Waals surface area contributed by atoms with Crippen molar-refractivity contribution in [3.05, 3.63) is 53.6 Å². The molecule has 0 aliphatic rings. The first-order valence-corrected chi connectivity index (χ1v) is 5.69. The van der Waals surface area contributed by atoms with Gasteiger partial charge < -0.3 is 4.57 Å². The summed E-state index contributed by atoms with van der Waals surface area (Å²) in [5, 5.41) is 0. The van der Waals surface area contributed by atoms with E-state index in [1.54, 1.807) is 19.4 Å². The van der Waals surface area contributed by atoms with Gasteiger partial charge in [0.2, 0.25) is 0 Å². The molecule has 0 spiro atoms. The first kappa shape index (κ1) is 11.6. The fourth-order valence-electron chi connectivity index (χ4n) is 1.89. The van der Waals surface area contributed by atoms with Gasteiger partial charge in [-0.05, 0) is 19.4 Å². The molecule has 1 unspecified atom stereocenters. The standard InChI is InChI=1S/C14H16N2O/c1-10-4-6-13(7-5-10)11(2)16-9-15-8-14(16)12(3)17/h4-9,11H,1-3H3. The van der Waals surface area contributed by atoms with Crippen LogP contribution in [-0.2, 0) is 0 Å². The molecule has 2 aromatic rings. The molecule has 0 amide bonds. The van der Waals surface area contributed by atoms with Crippen LogP contribution in [0.25, 0.3) is 0 Å². The third-order valence-electron chi connectivity index (χ3n) is 3.00. The molecule has 1 aromatic carbocycles. The summed E-state index contributed by atoms with van der Waals surface area (Å²) in [4.78, 5) is 15.5. The number of hydrogen-bond donors (Lipinski definition) is 0. The van der Waals surface area contributed by atoms with E-state index >= 15 is 0 Å². The lowest BCUT2D eigenvalue weighted by atomic mass is 10.1. The van der Waals surface area contributed by atoms with Gasteiger partial charge in [-0.15, -0.1) is 0 Å². The predicted octanol–water partition coefficient (Wildman–Crippen LogP) is 3.00. The van der Waals surface area contributed by atoms with E-state index < -0.39 is 0 Å². The van der Waals surface area contributed by atoms with Gasteiger partial charge in [0.05, 0.1) is 18.6 Å². The van der Waals surface area contributed by atoms with Crippen molar-refractivity contribution in [2.45, 2.75) is 26.8 Å². The van der Waals surface area contributed by atoms with Crippen molar-refractivity contribution in [1.82, 2.24) is 9.55 Å². The summed E-state index contributed by atoms with van der Waals surface area (Å²) >= 11 is 0. The number of hydrogen-bond acceptors (Lipinski definition) is 2. The van der Waals surface area contributed by atoms with Crippen molar-refractivity contribution in [2.75, 3.05) is 0 Å². The zero-order valence-corrected chi connectivity index (χ0v) is 10.3. The number of ketones is 1. The molecule has 0 bridgehead atoms. The zero-order valence-electron chi connectivity index (χ0n) is 10.3. The van der Waals surface area contributed by atoms with Gasteiger partial charge in [-0.1, -0.05) is 29.8 Å². The van der Waals surface area contributed by atoms with Crippen LogP contribution >= 0.6 is 0 Å². The maximum Gasteiger partial charge on any atom is 0.177 e. The van der Waals surface area contributed by atoms with Crippen LogP contribution in [0.3, 0.4) is 0 Å². The lowest BCUT2D eigenvalue weighted by molar-refractivity contribution is 0.100. The molecule has 2 rings (SSSR count). The Balaban J connectivity index is 2.36. The molecular weight excluding hydrogens is 212 g/mol. The number of nitrogens with zero attached hydrogens (tertiary/aromatic N) is 2. The molecule has 0 saturated carbocycles. The summed E-state index contributed by atoms with van der Waals surface area (Å²) in [6.45, 7) is 5.70. The number of benzene rings is 1. The number of Topliss-reactive ketones (excluding diaryl/α,β-unsaturated/α-hetero) is 1. The lowest BCUT2D eigenvalue weighted by Crippen LogP contribution is -2.11. The van der Waals surface area contributed by atoms with Crippen molar-refractivity contribution in [2.24, 2.45) is 0 Å². The van der Waals surface area contributed by atoms with Crippen LogP contribution < -0.4 is 0 Å². The Morgan fingerprint density at radius 2 is 1.94 bits per heavy atom. The number of aryl methyl sites for hydroxylation is 1. The Kier molecular flexibility index (Phi) is 3.09. The minimum Gasteiger partial charge on any atom is -0.321 e. The smallest absolute Gasteiger partial charge is 0.177 e. The van der Waals surface area contributed by atoms with Crippen molar-refractivity contribution >= 4 is 5.78 Å². The van der Waals surface area contributed by atoms with Crippen LogP contribution in [0.15, 0.2) is 36.8 Å². The number of imidazole rings is 1. The van der Waals surface area contributed by atoms with Crippen LogP contribution in [0.2, 0.25) is 0 Å². The fourth-order valence-corrected chi connectivity index (χ4v) is 1.89. The highest BCUT2D eigenvalue weighted by Gasteiger charge is 2.13. The number of carbonyl (C=O) groups excluding carboxylic acids is 1. The summed E-state index contributed by atoms with van der Waals surface area (Å²) in [6.07, 6.45) is 3.33. The van der Waals surface area contributed by atoms with Gasteiger partial charge in [-0.3, -0.25) is 4.79 Å². The zero-order chi connectivity index (χ0) is 12.4. The van der Waals surface area contributed by atoms with Crippen LogP contribution in [0.5, 0.6) is 0 Å². The lowest BCUT2D eigenvalue weighted by Gasteiger charge is -2.16. The average molecular weight is 228 g/mol. The van der Waals surface area contributed by atoms with E-state index in [1.165, 1.54) is 11.1 Å². The van der Waals surface area contributed by atoms with E-state index in [0.717, 1.165) is 0 Å². The highest BCUT2D eigenvalue weighted by Crippen LogP contribution is 2.20. The largest absolute Gasteiger partial charge is 0.321 e. The molecule has 1 heterocycles. The summed E-state index contributed by atoms with van der Waals surface area (Å²) in [5.41, 5.74) is 3.06. The molecule has 17 heavy (non-hydrogen) atoms. The number of aromatic nitrogens is 2. The number of carbonyl (C=O) groups is 1. The molecular formula is C14H16N2O. The van der Waals surface area contributed by atoms with Gasteiger partial charge >= 0.3 is 0 Å². The summed E-state index contributed by atoms with van der Waals surface area (Å²) in [6, 6.07) is 8.46. The second kappa shape index (κ2) is 4.53. The Morgan fingerprint density at radius 1 is 1.29 bits per heavy atom. The van der Waals surface area contributed by atoms with Crippen LogP contribution in [0.4, 0.5) is 0 Å². The molecule has 88 valence electrons. The van der Waals surface area contributed by atoms with Crippen molar-refractivity contribution < 1.29 is 4.79 Å². The average Bonchev–Trinajstić information content (AvgIpc) is 2.78. The van der Waals surface area contributed by atoms with E-state index in [1.807, 2.05) is 4.57 Å². The van der Waals surface area contributed by atoms with Crippen LogP contribution in [0, 0.1) is 6.92 Å². The molecule has 0 aliphatic carbocycles. The molecule has 0 N–H and O–H groups in total. The van der Waals surface area contributed by atoms with Crippen molar-refractivity contribution in [1.29, 1.82) is 0 Å². The Labute approximate surface area is 101 Å². The summed E-state index contributed by atoms with van der Waals surface area (Å²) in [7, 11) is 0. The Morgan fingerprint density at radius 3 is 2.53 bits per heavy atom. The monoisotopic (exact) mass is 228 g/mol. The highest BCUT2D eigenvalue weighted by atomic mass is 16.1. The summed E-state index contributed by atoms with van der Waals surface area (Å²) in [5.74, 6) is 0.0430. The Bertz CT molecular complexity index is 525. The minimum atomic E-state index is 0.0430. The first-order chi connectivity index (χ1) is 8.09. The molecule has 3 nitrogen and oxygen atoms in total. The molecule has 0 saturated heterocycles. The molecule has 1 atom stereocenters. The minimum absolute atomic E-state index is 0.0430. The highest BCUT2D eigenvalue weighted by molar-refractivity contribution is 5.92. The first-order valence-electron chi connectivity index (χ1n) is 5.69. The van der Waals surface area contributed by atoms with Crippen molar-refractivity contribution in [3.63, 3.8) is 0 Å². The predicted molar refractivity (Wildman–Crippen MR) is 67.2 cm³/mol. The molecule has 0 aliphatic heterocycles. The SMILES string of the molecule is CC(=O)c1cncn1C(C)c1ccc(C)cc1. The molecule has 1 aromatic heterocycles.